The van der Waals surface area contributed by atoms with Crippen molar-refractivity contribution in [3.63, 3.8) is 0 Å². The van der Waals surface area contributed by atoms with Crippen LogP contribution in [0, 0.1) is 0 Å². The van der Waals surface area contributed by atoms with Gasteiger partial charge in [-0.15, -0.1) is 0 Å². The molecule has 1 aliphatic rings. The predicted molar refractivity (Wildman–Crippen MR) is 86.4 cm³/mol. The minimum Gasteiger partial charge on any atom is -0.351 e. The van der Waals surface area contributed by atoms with Crippen LogP contribution in [0.15, 0.2) is 36.5 Å². The highest BCUT2D eigenvalue weighted by atomic mass is 16.1. The summed E-state index contributed by atoms with van der Waals surface area (Å²) in [6, 6.07) is 10.2. The van der Waals surface area contributed by atoms with E-state index in [1.54, 1.807) is 12.3 Å². The van der Waals surface area contributed by atoms with Gasteiger partial charge in [0.1, 0.15) is 5.69 Å². The quantitative estimate of drug-likeness (QED) is 0.942. The van der Waals surface area contributed by atoms with E-state index in [4.69, 9.17) is 0 Å². The van der Waals surface area contributed by atoms with E-state index in [0.29, 0.717) is 18.2 Å². The van der Waals surface area contributed by atoms with Gasteiger partial charge in [0.15, 0.2) is 0 Å². The van der Waals surface area contributed by atoms with Crippen molar-refractivity contribution in [1.29, 1.82) is 0 Å². The number of hydrogen-bond donors (Lipinski definition) is 1. The number of carbonyl (C=O) groups is 1. The van der Waals surface area contributed by atoms with Crippen LogP contribution in [0.2, 0.25) is 0 Å². The Hall–Kier alpha value is -2.43. The van der Waals surface area contributed by atoms with E-state index in [2.05, 4.69) is 39.2 Å². The second-order valence-electron chi connectivity index (χ2n) is 5.55. The largest absolute Gasteiger partial charge is 0.351 e. The Labute approximate surface area is 130 Å². The van der Waals surface area contributed by atoms with Crippen molar-refractivity contribution in [2.45, 2.75) is 32.7 Å². The molecule has 1 aromatic carbocycles. The fourth-order valence-electron chi connectivity index (χ4n) is 2.79. The molecule has 22 heavy (non-hydrogen) atoms. The smallest absolute Gasteiger partial charge is 0.270 e. The molecular weight excluding hydrogens is 276 g/mol. The fraction of sp³-hybridized carbons (Fsp3) is 0.353. The van der Waals surface area contributed by atoms with Gasteiger partial charge in [0.2, 0.25) is 5.95 Å². The van der Waals surface area contributed by atoms with Crippen LogP contribution in [-0.2, 0) is 6.42 Å². The molecule has 1 unspecified atom stereocenters. The number of anilines is 2. The van der Waals surface area contributed by atoms with Gasteiger partial charge in [-0.25, -0.2) is 9.97 Å². The molecule has 5 nitrogen and oxygen atoms in total. The molecular formula is C17H20N4O. The van der Waals surface area contributed by atoms with Gasteiger partial charge in [0.25, 0.3) is 5.91 Å². The van der Waals surface area contributed by atoms with Crippen LogP contribution in [0.25, 0.3) is 0 Å². The van der Waals surface area contributed by atoms with Crippen molar-refractivity contribution < 1.29 is 4.79 Å². The van der Waals surface area contributed by atoms with Gasteiger partial charge in [-0.3, -0.25) is 4.79 Å². The molecule has 1 N–H and O–H groups in total. The van der Waals surface area contributed by atoms with Gasteiger partial charge in [-0.2, -0.15) is 0 Å². The van der Waals surface area contributed by atoms with E-state index in [1.165, 1.54) is 5.56 Å². The molecule has 0 radical (unpaired) electrons. The van der Waals surface area contributed by atoms with Crippen molar-refractivity contribution >= 4 is 17.5 Å². The maximum Gasteiger partial charge on any atom is 0.270 e. The third-order valence-corrected chi connectivity index (χ3v) is 3.83. The van der Waals surface area contributed by atoms with E-state index in [9.17, 15) is 4.79 Å². The number of benzene rings is 1. The first-order valence-corrected chi connectivity index (χ1v) is 7.69. The third-order valence-electron chi connectivity index (χ3n) is 3.83. The highest BCUT2D eigenvalue weighted by molar-refractivity contribution is 5.92. The minimum atomic E-state index is -0.148. The SMILES string of the molecule is CCCNC(=O)c1ccnc(N2c3ccccc3CC2C)n1. The predicted octanol–water partition coefficient (Wildman–Crippen LogP) is 2.70. The summed E-state index contributed by atoms with van der Waals surface area (Å²) in [5.41, 5.74) is 2.83. The van der Waals surface area contributed by atoms with Crippen LogP contribution in [0.5, 0.6) is 0 Å². The summed E-state index contributed by atoms with van der Waals surface area (Å²) in [5, 5.41) is 2.85. The first-order chi connectivity index (χ1) is 10.7. The number of rotatable bonds is 4. The van der Waals surface area contributed by atoms with E-state index in [1.807, 2.05) is 19.1 Å². The van der Waals surface area contributed by atoms with E-state index >= 15 is 0 Å². The first-order valence-electron chi connectivity index (χ1n) is 7.69. The number of nitrogens with zero attached hydrogens (tertiary/aromatic N) is 3. The zero-order valence-corrected chi connectivity index (χ0v) is 12.9. The Bertz CT molecular complexity index is 686. The normalized spacial score (nSPS) is 16.5. The molecule has 2 heterocycles. The zero-order valence-electron chi connectivity index (χ0n) is 12.9. The Morgan fingerprint density at radius 2 is 2.18 bits per heavy atom. The first kappa shape index (κ1) is 14.5. The highest BCUT2D eigenvalue weighted by Crippen LogP contribution is 2.36. The third kappa shape index (κ3) is 2.66. The van der Waals surface area contributed by atoms with Gasteiger partial charge in [0.05, 0.1) is 0 Å². The molecule has 0 saturated carbocycles. The van der Waals surface area contributed by atoms with E-state index in [0.717, 1.165) is 18.5 Å². The average molecular weight is 296 g/mol. The van der Waals surface area contributed by atoms with Crippen LogP contribution >= 0.6 is 0 Å². The summed E-state index contributed by atoms with van der Waals surface area (Å²) in [4.78, 5) is 23.0. The maximum absolute atomic E-state index is 12.1. The second-order valence-corrected chi connectivity index (χ2v) is 5.55. The Balaban J connectivity index is 1.91. The number of hydrogen-bond acceptors (Lipinski definition) is 4. The van der Waals surface area contributed by atoms with Gasteiger partial charge in [-0.1, -0.05) is 25.1 Å². The second kappa shape index (κ2) is 6.13. The Morgan fingerprint density at radius 3 is 3.00 bits per heavy atom. The maximum atomic E-state index is 12.1. The van der Waals surface area contributed by atoms with Crippen molar-refractivity contribution in [3.05, 3.63) is 47.8 Å². The van der Waals surface area contributed by atoms with Crippen molar-refractivity contribution in [2.24, 2.45) is 0 Å². The molecule has 0 saturated heterocycles. The van der Waals surface area contributed by atoms with Gasteiger partial charge >= 0.3 is 0 Å². The number of amides is 1. The molecule has 0 bridgehead atoms. The van der Waals surface area contributed by atoms with Gasteiger partial charge in [-0.05, 0) is 37.5 Å². The molecule has 2 aromatic rings. The summed E-state index contributed by atoms with van der Waals surface area (Å²) in [7, 11) is 0. The van der Waals surface area contributed by atoms with E-state index < -0.39 is 0 Å². The molecule has 0 aliphatic carbocycles. The van der Waals surface area contributed by atoms with Crippen molar-refractivity contribution in [1.82, 2.24) is 15.3 Å². The van der Waals surface area contributed by atoms with Crippen LogP contribution in [-0.4, -0.2) is 28.5 Å². The average Bonchev–Trinajstić information content (AvgIpc) is 2.88. The molecule has 5 heteroatoms. The molecule has 1 amide bonds. The number of fused-ring (bicyclic) bond motifs is 1. The van der Waals surface area contributed by atoms with E-state index in [-0.39, 0.29) is 11.9 Å². The Morgan fingerprint density at radius 1 is 1.36 bits per heavy atom. The molecule has 114 valence electrons. The lowest BCUT2D eigenvalue weighted by molar-refractivity contribution is 0.0948. The summed E-state index contributed by atoms with van der Waals surface area (Å²) in [6.07, 6.45) is 3.52. The number of aromatic nitrogens is 2. The highest BCUT2D eigenvalue weighted by Gasteiger charge is 2.28. The Kier molecular flexibility index (Phi) is 4.04. The summed E-state index contributed by atoms with van der Waals surface area (Å²) in [6.45, 7) is 4.82. The summed E-state index contributed by atoms with van der Waals surface area (Å²) >= 11 is 0. The lowest BCUT2D eigenvalue weighted by Crippen LogP contribution is -2.28. The molecule has 1 aromatic heterocycles. The fourth-order valence-corrected chi connectivity index (χ4v) is 2.79. The van der Waals surface area contributed by atoms with Gasteiger partial charge < -0.3 is 10.2 Å². The van der Waals surface area contributed by atoms with Gasteiger partial charge in [0, 0.05) is 24.5 Å². The number of para-hydroxylation sites is 1. The minimum absolute atomic E-state index is 0.148. The van der Waals surface area contributed by atoms with Crippen molar-refractivity contribution in [2.75, 3.05) is 11.4 Å². The zero-order chi connectivity index (χ0) is 15.5. The summed E-state index contributed by atoms with van der Waals surface area (Å²) in [5.74, 6) is 0.437. The van der Waals surface area contributed by atoms with Crippen molar-refractivity contribution in [3.8, 4) is 0 Å². The van der Waals surface area contributed by atoms with Crippen LogP contribution in [0.1, 0.15) is 36.3 Å². The molecule has 0 fully saturated rings. The standard InChI is InChI=1S/C17H20N4O/c1-3-9-18-16(22)14-8-10-19-17(20-14)21-12(2)11-13-6-4-5-7-15(13)21/h4-8,10,12H,3,9,11H2,1-2H3,(H,18,22). The number of nitrogens with one attached hydrogen (secondary N) is 1. The van der Waals surface area contributed by atoms with Crippen LogP contribution in [0.4, 0.5) is 11.6 Å². The molecule has 1 atom stereocenters. The number of carbonyl (C=O) groups excluding carboxylic acids is 1. The molecule has 3 rings (SSSR count). The van der Waals surface area contributed by atoms with Crippen LogP contribution < -0.4 is 10.2 Å². The van der Waals surface area contributed by atoms with Crippen LogP contribution in [0.3, 0.4) is 0 Å². The molecule has 1 aliphatic heterocycles. The lowest BCUT2D eigenvalue weighted by Gasteiger charge is -2.22. The molecule has 0 spiro atoms. The topological polar surface area (TPSA) is 58.1 Å². The monoisotopic (exact) mass is 296 g/mol. The summed E-state index contributed by atoms with van der Waals surface area (Å²) < 4.78 is 0. The lowest BCUT2D eigenvalue weighted by atomic mass is 10.1.